The Balaban J connectivity index is 1.51. The van der Waals surface area contributed by atoms with Crippen LogP contribution in [0.2, 0.25) is 0 Å². The van der Waals surface area contributed by atoms with Gasteiger partial charge in [0.1, 0.15) is 0 Å². The van der Waals surface area contributed by atoms with Gasteiger partial charge in [0.2, 0.25) is 0 Å². The van der Waals surface area contributed by atoms with E-state index in [9.17, 15) is 4.79 Å². The van der Waals surface area contributed by atoms with E-state index in [0.717, 1.165) is 65.6 Å². The van der Waals surface area contributed by atoms with Gasteiger partial charge in [0.15, 0.2) is 10.6 Å². The first-order valence-electron chi connectivity index (χ1n) is 8.60. The van der Waals surface area contributed by atoms with Gasteiger partial charge in [0, 0.05) is 61.4 Å². The maximum absolute atomic E-state index is 12.5. The van der Waals surface area contributed by atoms with E-state index in [2.05, 4.69) is 32.8 Å². The third-order valence-corrected chi connectivity index (χ3v) is 5.62. The SMILES string of the molecule is Cc1cc(C)c2[nH]c(CN3CCN(c4nccs4)CC3)cc(=O)c2c1. The first-order valence-corrected chi connectivity index (χ1v) is 9.48. The van der Waals surface area contributed by atoms with Gasteiger partial charge in [-0.25, -0.2) is 4.98 Å². The number of hydrogen-bond donors (Lipinski definition) is 1. The number of aromatic nitrogens is 2. The molecular formula is C19H22N4OS. The molecule has 3 aromatic rings. The summed E-state index contributed by atoms with van der Waals surface area (Å²) in [6, 6.07) is 5.85. The van der Waals surface area contributed by atoms with E-state index in [1.807, 2.05) is 24.6 Å². The zero-order valence-corrected chi connectivity index (χ0v) is 15.4. The Morgan fingerprint density at radius 3 is 2.68 bits per heavy atom. The molecule has 5 nitrogen and oxygen atoms in total. The van der Waals surface area contributed by atoms with Crippen LogP contribution >= 0.6 is 11.3 Å². The normalized spacial score (nSPS) is 15.8. The van der Waals surface area contributed by atoms with Crippen molar-refractivity contribution in [1.29, 1.82) is 0 Å². The van der Waals surface area contributed by atoms with Gasteiger partial charge < -0.3 is 9.88 Å². The van der Waals surface area contributed by atoms with Gasteiger partial charge in [-0.2, -0.15) is 0 Å². The lowest BCUT2D eigenvalue weighted by Gasteiger charge is -2.34. The van der Waals surface area contributed by atoms with Crippen molar-refractivity contribution in [3.63, 3.8) is 0 Å². The van der Waals surface area contributed by atoms with Crippen LogP contribution < -0.4 is 10.3 Å². The van der Waals surface area contributed by atoms with Crippen LogP contribution in [0.1, 0.15) is 16.8 Å². The number of aromatic amines is 1. The highest BCUT2D eigenvalue weighted by atomic mass is 32.1. The highest BCUT2D eigenvalue weighted by Gasteiger charge is 2.19. The molecule has 1 aromatic carbocycles. The Morgan fingerprint density at radius 2 is 1.96 bits per heavy atom. The lowest BCUT2D eigenvalue weighted by Crippen LogP contribution is -2.46. The molecule has 1 saturated heterocycles. The third kappa shape index (κ3) is 3.32. The number of rotatable bonds is 3. The van der Waals surface area contributed by atoms with Crippen LogP contribution in [0.15, 0.2) is 34.6 Å². The number of nitrogens with zero attached hydrogens (tertiary/aromatic N) is 3. The molecule has 0 saturated carbocycles. The minimum Gasteiger partial charge on any atom is -0.357 e. The molecule has 1 fully saturated rings. The van der Waals surface area contributed by atoms with Gasteiger partial charge in [-0.3, -0.25) is 9.69 Å². The second-order valence-electron chi connectivity index (χ2n) is 6.74. The van der Waals surface area contributed by atoms with Gasteiger partial charge in [0.25, 0.3) is 0 Å². The number of benzene rings is 1. The summed E-state index contributed by atoms with van der Waals surface area (Å²) in [6.45, 7) is 8.78. The Hall–Kier alpha value is -2.18. The molecule has 4 rings (SSSR count). The lowest BCUT2D eigenvalue weighted by molar-refractivity contribution is 0.247. The number of aryl methyl sites for hydroxylation is 2. The fourth-order valence-corrected chi connectivity index (χ4v) is 4.25. The molecule has 6 heteroatoms. The summed E-state index contributed by atoms with van der Waals surface area (Å²) < 4.78 is 0. The second-order valence-corrected chi connectivity index (χ2v) is 7.61. The van der Waals surface area contributed by atoms with Crippen molar-refractivity contribution in [1.82, 2.24) is 14.9 Å². The number of thiazole rings is 1. The van der Waals surface area contributed by atoms with Gasteiger partial charge in [-0.15, -0.1) is 11.3 Å². The van der Waals surface area contributed by atoms with Gasteiger partial charge >= 0.3 is 0 Å². The summed E-state index contributed by atoms with van der Waals surface area (Å²) in [5.74, 6) is 0. The van der Waals surface area contributed by atoms with E-state index in [-0.39, 0.29) is 5.43 Å². The molecule has 130 valence electrons. The summed E-state index contributed by atoms with van der Waals surface area (Å²) in [6.07, 6.45) is 1.86. The molecule has 0 aliphatic carbocycles. The summed E-state index contributed by atoms with van der Waals surface area (Å²) in [7, 11) is 0. The number of pyridine rings is 1. The predicted octanol–water partition coefficient (Wildman–Crippen LogP) is 2.92. The first kappa shape index (κ1) is 16.3. The lowest BCUT2D eigenvalue weighted by atomic mass is 10.1. The highest BCUT2D eigenvalue weighted by molar-refractivity contribution is 7.13. The van der Waals surface area contributed by atoms with Crippen LogP contribution in [0, 0.1) is 13.8 Å². The fraction of sp³-hybridized carbons (Fsp3) is 0.368. The topological polar surface area (TPSA) is 52.2 Å². The molecule has 0 unspecified atom stereocenters. The van der Waals surface area contributed by atoms with Crippen molar-refractivity contribution >= 4 is 27.4 Å². The first-order chi connectivity index (χ1) is 12.1. The smallest absolute Gasteiger partial charge is 0.189 e. The molecule has 0 radical (unpaired) electrons. The van der Waals surface area contributed by atoms with Crippen molar-refractivity contribution in [2.45, 2.75) is 20.4 Å². The maximum Gasteiger partial charge on any atom is 0.189 e. The Bertz CT molecular complexity index is 940. The van der Waals surface area contributed by atoms with Crippen LogP contribution in [-0.2, 0) is 6.54 Å². The van der Waals surface area contributed by atoms with Gasteiger partial charge in [-0.05, 0) is 31.0 Å². The van der Waals surface area contributed by atoms with Crippen molar-refractivity contribution in [2.24, 2.45) is 0 Å². The zero-order chi connectivity index (χ0) is 17.4. The Labute approximate surface area is 150 Å². The molecule has 0 atom stereocenters. The quantitative estimate of drug-likeness (QED) is 0.786. The number of nitrogens with one attached hydrogen (secondary N) is 1. The average Bonchev–Trinajstić information content (AvgIpc) is 3.11. The minimum atomic E-state index is 0.108. The maximum atomic E-state index is 12.5. The molecule has 2 aromatic heterocycles. The van der Waals surface area contributed by atoms with Crippen molar-refractivity contribution in [3.8, 4) is 0 Å². The number of hydrogen-bond acceptors (Lipinski definition) is 5. The third-order valence-electron chi connectivity index (χ3n) is 4.79. The molecule has 25 heavy (non-hydrogen) atoms. The summed E-state index contributed by atoms with van der Waals surface area (Å²) in [5.41, 5.74) is 4.32. The van der Waals surface area contributed by atoms with Crippen LogP contribution in [0.3, 0.4) is 0 Å². The van der Waals surface area contributed by atoms with Crippen LogP contribution in [-0.4, -0.2) is 41.0 Å². The average molecular weight is 354 g/mol. The molecular weight excluding hydrogens is 332 g/mol. The fourth-order valence-electron chi connectivity index (χ4n) is 3.56. The Morgan fingerprint density at radius 1 is 1.16 bits per heavy atom. The number of piperazine rings is 1. The largest absolute Gasteiger partial charge is 0.357 e. The summed E-state index contributed by atoms with van der Waals surface area (Å²) in [4.78, 5) is 25.1. The number of fused-ring (bicyclic) bond motifs is 1. The van der Waals surface area contributed by atoms with Crippen molar-refractivity contribution < 1.29 is 0 Å². The summed E-state index contributed by atoms with van der Waals surface area (Å²) in [5, 5.41) is 3.91. The molecule has 0 spiro atoms. The number of H-pyrrole nitrogens is 1. The Kier molecular flexibility index (Phi) is 4.31. The minimum absolute atomic E-state index is 0.108. The highest BCUT2D eigenvalue weighted by Crippen LogP contribution is 2.20. The molecule has 0 bridgehead atoms. The van der Waals surface area contributed by atoms with Crippen LogP contribution in [0.5, 0.6) is 0 Å². The molecule has 0 amide bonds. The molecule has 1 N–H and O–H groups in total. The molecule has 3 heterocycles. The molecule has 1 aliphatic heterocycles. The van der Waals surface area contributed by atoms with Crippen LogP contribution in [0.25, 0.3) is 10.9 Å². The van der Waals surface area contributed by atoms with E-state index >= 15 is 0 Å². The standard InChI is InChI=1S/C19H22N4OS/c1-13-9-14(2)18-16(10-13)17(24)11-15(21-18)12-22-4-6-23(7-5-22)19-20-3-8-25-19/h3,8-11H,4-7,12H2,1-2H3,(H,21,24). The van der Waals surface area contributed by atoms with Gasteiger partial charge in [0.05, 0.1) is 5.52 Å². The zero-order valence-electron chi connectivity index (χ0n) is 14.6. The van der Waals surface area contributed by atoms with Gasteiger partial charge in [-0.1, -0.05) is 6.07 Å². The second kappa shape index (κ2) is 6.61. The molecule has 1 aliphatic rings. The van der Waals surface area contributed by atoms with E-state index in [1.54, 1.807) is 17.4 Å². The van der Waals surface area contributed by atoms with Crippen molar-refractivity contribution in [2.75, 3.05) is 31.1 Å². The van der Waals surface area contributed by atoms with Crippen molar-refractivity contribution in [3.05, 3.63) is 56.8 Å². The van der Waals surface area contributed by atoms with E-state index in [4.69, 9.17) is 0 Å². The number of anilines is 1. The van der Waals surface area contributed by atoms with E-state index < -0.39 is 0 Å². The van der Waals surface area contributed by atoms with E-state index in [1.165, 1.54) is 0 Å². The monoisotopic (exact) mass is 354 g/mol. The van der Waals surface area contributed by atoms with E-state index in [0.29, 0.717) is 0 Å². The summed E-state index contributed by atoms with van der Waals surface area (Å²) >= 11 is 1.69. The predicted molar refractivity (Wildman–Crippen MR) is 104 cm³/mol. The van der Waals surface area contributed by atoms with Crippen LogP contribution in [0.4, 0.5) is 5.13 Å².